The normalized spacial score (nSPS) is 23.7. The fraction of sp³-hybridized carbons (Fsp3) is 0.486. The summed E-state index contributed by atoms with van der Waals surface area (Å²) in [7, 11) is 1.59. The number of nitrogens with zero attached hydrogens (tertiary/aromatic N) is 1. The number of likely N-dealkylation sites (tertiary alicyclic amines) is 1. The second-order valence-corrected chi connectivity index (χ2v) is 12.6. The molecule has 10 nitrogen and oxygen atoms in total. The molecule has 238 valence electrons. The maximum absolute atomic E-state index is 14.2. The Hall–Kier alpha value is -4.18. The highest BCUT2D eigenvalue weighted by Gasteiger charge is 2.49. The molecule has 10 heteroatoms. The first-order chi connectivity index (χ1) is 21.9. The van der Waals surface area contributed by atoms with E-state index in [-0.39, 0.29) is 60.9 Å². The van der Waals surface area contributed by atoms with Gasteiger partial charge in [0.1, 0.15) is 24.1 Å². The molecular weight excluding hydrogens is 572 g/mol. The smallest absolute Gasteiger partial charge is 0.271 e. The number of Topliss-reactive ketones (excluding diaryl/α,β-unsaturated/α-hetero) is 1. The van der Waals surface area contributed by atoms with E-state index >= 15 is 0 Å². The maximum atomic E-state index is 14.2. The van der Waals surface area contributed by atoms with Gasteiger partial charge in [-0.3, -0.25) is 19.2 Å². The van der Waals surface area contributed by atoms with Gasteiger partial charge in [0.25, 0.3) is 5.91 Å². The number of fused-ring (bicyclic) bond motifs is 2. The van der Waals surface area contributed by atoms with Crippen LogP contribution in [0.5, 0.6) is 5.75 Å². The van der Waals surface area contributed by atoms with Crippen LogP contribution in [-0.2, 0) is 25.7 Å². The van der Waals surface area contributed by atoms with Crippen LogP contribution in [-0.4, -0.2) is 72.3 Å². The molecule has 0 radical (unpaired) electrons. The van der Waals surface area contributed by atoms with E-state index in [1.807, 2.05) is 48.5 Å². The van der Waals surface area contributed by atoms with Crippen molar-refractivity contribution in [1.29, 1.82) is 0 Å². The van der Waals surface area contributed by atoms with Crippen molar-refractivity contribution in [2.75, 3.05) is 26.8 Å². The van der Waals surface area contributed by atoms with E-state index in [1.54, 1.807) is 18.1 Å². The molecule has 1 saturated carbocycles. The number of H-pyrrole nitrogens is 1. The summed E-state index contributed by atoms with van der Waals surface area (Å²) in [5, 5.41) is 6.70. The Morgan fingerprint density at radius 2 is 1.84 bits per heavy atom. The molecule has 0 bridgehead atoms. The number of methoxy groups -OCH3 is 1. The summed E-state index contributed by atoms with van der Waals surface area (Å²) in [5.74, 6) is -0.474. The van der Waals surface area contributed by atoms with Crippen LogP contribution in [0.25, 0.3) is 10.9 Å². The van der Waals surface area contributed by atoms with Gasteiger partial charge in [-0.05, 0) is 67.7 Å². The molecule has 3 amide bonds. The molecule has 3 fully saturated rings. The molecule has 3 heterocycles. The van der Waals surface area contributed by atoms with E-state index < -0.39 is 12.1 Å². The lowest BCUT2D eigenvalue weighted by molar-refractivity contribution is -0.135. The lowest BCUT2D eigenvalue weighted by atomic mass is 9.78. The number of carbonyl (C=O) groups excluding carboxylic acids is 4. The van der Waals surface area contributed by atoms with Gasteiger partial charge >= 0.3 is 0 Å². The average Bonchev–Trinajstić information content (AvgIpc) is 3.68. The molecule has 6 rings (SSSR count). The number of ketones is 1. The van der Waals surface area contributed by atoms with Crippen LogP contribution in [0.2, 0.25) is 0 Å². The Morgan fingerprint density at radius 1 is 1.02 bits per heavy atom. The number of piperidine rings is 1. The van der Waals surface area contributed by atoms with Crippen molar-refractivity contribution in [2.24, 2.45) is 17.8 Å². The molecule has 4 unspecified atom stereocenters. The van der Waals surface area contributed by atoms with Crippen LogP contribution in [0.1, 0.15) is 61.0 Å². The Bertz CT molecular complexity index is 1540. The van der Waals surface area contributed by atoms with E-state index in [9.17, 15) is 19.2 Å². The van der Waals surface area contributed by atoms with E-state index in [0.717, 1.165) is 48.6 Å². The third kappa shape index (κ3) is 6.76. The first-order valence-electron chi connectivity index (χ1n) is 16.1. The van der Waals surface area contributed by atoms with Crippen molar-refractivity contribution >= 4 is 34.4 Å². The van der Waals surface area contributed by atoms with Gasteiger partial charge in [-0.25, -0.2) is 0 Å². The average molecular weight is 615 g/mol. The monoisotopic (exact) mass is 614 g/mol. The zero-order valence-electron chi connectivity index (χ0n) is 25.8. The quantitative estimate of drug-likeness (QED) is 0.300. The zero-order chi connectivity index (χ0) is 31.3. The number of carbonyl (C=O) groups is 4. The van der Waals surface area contributed by atoms with Crippen molar-refractivity contribution in [3.8, 4) is 5.75 Å². The highest BCUT2D eigenvalue weighted by Crippen LogP contribution is 2.41. The SMILES string of the molecule is COc1cccc2[nH]c(C(=O)N3CC4CCCCC4[C@H]3C(=O)NC(CC3CCCNC3=O)C(=O)COCc3ccccc3)cc12. The summed E-state index contributed by atoms with van der Waals surface area (Å²) in [6, 6.07) is 15.3. The molecule has 3 aliphatic rings. The lowest BCUT2D eigenvalue weighted by Crippen LogP contribution is -2.54. The van der Waals surface area contributed by atoms with Crippen LogP contribution in [0.3, 0.4) is 0 Å². The van der Waals surface area contributed by atoms with Crippen molar-refractivity contribution < 1.29 is 28.7 Å². The Labute approximate surface area is 263 Å². The Kier molecular flexibility index (Phi) is 9.49. The van der Waals surface area contributed by atoms with Crippen LogP contribution >= 0.6 is 0 Å². The summed E-state index contributed by atoms with van der Waals surface area (Å²) in [5.41, 5.74) is 2.12. The highest BCUT2D eigenvalue weighted by molar-refractivity contribution is 6.02. The number of benzene rings is 2. The summed E-state index contributed by atoms with van der Waals surface area (Å²) in [6.07, 6.45) is 5.53. The molecular formula is C35H42N4O6. The maximum Gasteiger partial charge on any atom is 0.271 e. The first kappa shape index (κ1) is 30.8. The summed E-state index contributed by atoms with van der Waals surface area (Å²) < 4.78 is 11.2. The van der Waals surface area contributed by atoms with E-state index in [2.05, 4.69) is 15.6 Å². The minimum atomic E-state index is -0.904. The second kappa shape index (κ2) is 13.9. The van der Waals surface area contributed by atoms with Crippen LogP contribution in [0.15, 0.2) is 54.6 Å². The topological polar surface area (TPSA) is 130 Å². The number of hydrogen-bond donors (Lipinski definition) is 3. The number of nitrogens with one attached hydrogen (secondary N) is 3. The molecule has 5 atom stereocenters. The minimum absolute atomic E-state index is 0.00433. The molecule has 0 spiro atoms. The van der Waals surface area contributed by atoms with Gasteiger partial charge in [-0.1, -0.05) is 49.2 Å². The van der Waals surface area contributed by atoms with Gasteiger partial charge in [0.15, 0.2) is 5.78 Å². The van der Waals surface area contributed by atoms with Gasteiger partial charge < -0.3 is 30.0 Å². The molecule has 2 aromatic carbocycles. The van der Waals surface area contributed by atoms with Crippen LogP contribution in [0, 0.1) is 17.8 Å². The largest absolute Gasteiger partial charge is 0.496 e. The van der Waals surface area contributed by atoms with E-state index in [1.165, 1.54) is 0 Å². The predicted octanol–water partition coefficient (Wildman–Crippen LogP) is 3.99. The first-order valence-corrected chi connectivity index (χ1v) is 16.1. The van der Waals surface area contributed by atoms with Crippen LogP contribution in [0.4, 0.5) is 0 Å². The molecule has 1 aliphatic carbocycles. The molecule has 3 aromatic rings. The minimum Gasteiger partial charge on any atom is -0.496 e. The Balaban J connectivity index is 1.22. The van der Waals surface area contributed by atoms with Crippen molar-refractivity contribution in [3.05, 3.63) is 65.9 Å². The number of amides is 3. The van der Waals surface area contributed by atoms with Gasteiger partial charge in [0.05, 0.1) is 19.8 Å². The molecule has 2 aliphatic heterocycles. The fourth-order valence-electron chi connectivity index (χ4n) is 7.41. The van der Waals surface area contributed by atoms with Crippen molar-refractivity contribution in [1.82, 2.24) is 20.5 Å². The summed E-state index contributed by atoms with van der Waals surface area (Å²) in [6.45, 7) is 1.17. The molecule has 3 N–H and O–H groups in total. The zero-order valence-corrected chi connectivity index (χ0v) is 25.8. The number of hydrogen-bond acceptors (Lipinski definition) is 6. The lowest BCUT2D eigenvalue weighted by Gasteiger charge is -2.32. The summed E-state index contributed by atoms with van der Waals surface area (Å²) >= 11 is 0. The Morgan fingerprint density at radius 3 is 2.64 bits per heavy atom. The van der Waals surface area contributed by atoms with Crippen molar-refractivity contribution in [3.63, 3.8) is 0 Å². The molecule has 2 saturated heterocycles. The summed E-state index contributed by atoms with van der Waals surface area (Å²) in [4.78, 5) is 59.4. The standard InChI is InChI=1S/C35H42N4O6/c1-44-31-15-7-14-27-26(31)18-29(37-27)35(43)39-19-24-11-5-6-13-25(24)32(39)34(42)38-28(17-23-12-8-16-36-33(23)41)30(40)21-45-20-22-9-3-2-4-10-22/h2-4,7,9-10,14-15,18,23-25,28,32,37H,5-6,8,11-13,16-17,19-21H2,1H3,(H,36,41)(H,38,42)/t23?,24?,25?,28?,32-/m0/s1. The van der Waals surface area contributed by atoms with E-state index in [4.69, 9.17) is 9.47 Å². The molecule has 45 heavy (non-hydrogen) atoms. The predicted molar refractivity (Wildman–Crippen MR) is 169 cm³/mol. The van der Waals surface area contributed by atoms with E-state index in [0.29, 0.717) is 31.0 Å². The van der Waals surface area contributed by atoms with Gasteiger partial charge in [0.2, 0.25) is 11.8 Å². The highest BCUT2D eigenvalue weighted by atomic mass is 16.5. The van der Waals surface area contributed by atoms with Crippen LogP contribution < -0.4 is 15.4 Å². The van der Waals surface area contributed by atoms with Crippen molar-refractivity contribution in [2.45, 2.75) is 63.6 Å². The van der Waals surface area contributed by atoms with Gasteiger partial charge in [-0.15, -0.1) is 0 Å². The second-order valence-electron chi connectivity index (χ2n) is 12.6. The number of ether oxygens (including phenoxy) is 2. The molecule has 1 aromatic heterocycles. The fourth-order valence-corrected chi connectivity index (χ4v) is 7.41. The number of rotatable bonds is 11. The number of aromatic amines is 1. The third-order valence-electron chi connectivity index (χ3n) is 9.72. The van der Waals surface area contributed by atoms with Gasteiger partial charge in [0, 0.05) is 29.9 Å². The van der Waals surface area contributed by atoms with Gasteiger partial charge in [-0.2, -0.15) is 0 Å². The third-order valence-corrected chi connectivity index (χ3v) is 9.72. The number of aromatic nitrogens is 1.